The zero-order valence-corrected chi connectivity index (χ0v) is 19.7. The van der Waals surface area contributed by atoms with Crippen molar-refractivity contribution in [3.63, 3.8) is 0 Å². The molecule has 5 rings (SSSR count). The van der Waals surface area contributed by atoms with Crippen LogP contribution in [0.4, 0.5) is 0 Å². The summed E-state index contributed by atoms with van der Waals surface area (Å²) in [7, 11) is 0. The van der Waals surface area contributed by atoms with E-state index in [1.807, 2.05) is 19.9 Å². The van der Waals surface area contributed by atoms with E-state index >= 15 is 0 Å². The van der Waals surface area contributed by atoms with Gasteiger partial charge < -0.3 is 14.4 Å². The van der Waals surface area contributed by atoms with E-state index in [1.165, 1.54) is 38.5 Å². The molecule has 0 saturated heterocycles. The van der Waals surface area contributed by atoms with Crippen LogP contribution in [0.1, 0.15) is 108 Å². The van der Waals surface area contributed by atoms with Crippen molar-refractivity contribution in [3.8, 4) is 0 Å². The van der Waals surface area contributed by atoms with Gasteiger partial charge in [-0.25, -0.2) is 4.79 Å². The Bertz CT molecular complexity index is 846. The second-order valence-electron chi connectivity index (χ2n) is 11.9. The minimum Gasteiger partial charge on any atom is -0.461 e. The fourth-order valence-electron chi connectivity index (χ4n) is 8.65. The van der Waals surface area contributed by atoms with Crippen molar-refractivity contribution in [1.29, 1.82) is 0 Å². The number of hydrogen-bond acceptors (Lipinski definition) is 5. The molecule has 4 unspecified atom stereocenters. The Morgan fingerprint density at radius 3 is 2.65 bits per heavy atom. The number of esters is 1. The Kier molecular flexibility index (Phi) is 5.08. The van der Waals surface area contributed by atoms with Crippen LogP contribution < -0.4 is 0 Å². The fourth-order valence-corrected chi connectivity index (χ4v) is 8.65. The molecule has 4 fully saturated rings. The maximum atomic E-state index is 12.1. The van der Waals surface area contributed by atoms with Gasteiger partial charge in [0.15, 0.2) is 5.69 Å². The van der Waals surface area contributed by atoms with E-state index in [0.717, 1.165) is 36.9 Å². The van der Waals surface area contributed by atoms with Crippen LogP contribution in [0.2, 0.25) is 0 Å². The molecule has 1 aromatic rings. The molecule has 1 heterocycles. The summed E-state index contributed by atoms with van der Waals surface area (Å²) in [4.78, 5) is 12.1. The average Bonchev–Trinajstić information content (AvgIpc) is 3.32. The summed E-state index contributed by atoms with van der Waals surface area (Å²) in [5.74, 6) is 3.77. The molecule has 4 saturated carbocycles. The number of nitrogens with zero attached hydrogens (tertiary/aromatic N) is 1. The van der Waals surface area contributed by atoms with E-state index in [4.69, 9.17) is 9.26 Å². The Hall–Kier alpha value is -1.36. The second-order valence-corrected chi connectivity index (χ2v) is 11.9. The van der Waals surface area contributed by atoms with Gasteiger partial charge >= 0.3 is 5.97 Å². The van der Waals surface area contributed by atoms with Crippen molar-refractivity contribution in [2.24, 2.45) is 34.5 Å². The molecule has 1 N–H and O–H groups in total. The third kappa shape index (κ3) is 3.29. The van der Waals surface area contributed by atoms with Crippen LogP contribution in [0.25, 0.3) is 0 Å². The van der Waals surface area contributed by atoms with Gasteiger partial charge in [0.05, 0.1) is 12.2 Å². The zero-order valence-electron chi connectivity index (χ0n) is 19.7. The van der Waals surface area contributed by atoms with Gasteiger partial charge in [-0.1, -0.05) is 19.0 Å². The first kappa shape index (κ1) is 21.5. The van der Waals surface area contributed by atoms with Crippen molar-refractivity contribution < 1.29 is 19.2 Å². The first-order valence-electron chi connectivity index (χ1n) is 12.5. The van der Waals surface area contributed by atoms with Gasteiger partial charge in [-0.3, -0.25) is 0 Å². The highest BCUT2D eigenvalue weighted by Crippen LogP contribution is 2.69. The van der Waals surface area contributed by atoms with E-state index in [1.54, 1.807) is 0 Å². The highest BCUT2D eigenvalue weighted by Gasteiger charge is 2.61. The highest BCUT2D eigenvalue weighted by atomic mass is 16.5. The molecule has 5 heteroatoms. The predicted octanol–water partition coefficient (Wildman–Crippen LogP) is 5.73. The molecule has 1 aromatic heterocycles. The maximum Gasteiger partial charge on any atom is 0.360 e. The quantitative estimate of drug-likeness (QED) is 0.621. The van der Waals surface area contributed by atoms with Gasteiger partial charge in [-0.05, 0) is 106 Å². The number of ether oxygens (including phenoxy) is 1. The number of rotatable bonds is 3. The minimum absolute atomic E-state index is 0.218. The van der Waals surface area contributed by atoms with Crippen molar-refractivity contribution in [2.75, 3.05) is 6.61 Å². The first-order chi connectivity index (χ1) is 14.7. The van der Waals surface area contributed by atoms with Crippen molar-refractivity contribution >= 4 is 5.97 Å². The molecule has 8 atom stereocenters. The molecule has 31 heavy (non-hydrogen) atoms. The lowest BCUT2D eigenvalue weighted by Crippen LogP contribution is -2.55. The summed E-state index contributed by atoms with van der Waals surface area (Å²) in [6.45, 7) is 9.21. The van der Waals surface area contributed by atoms with Gasteiger partial charge in [-0.15, -0.1) is 0 Å². The molecule has 172 valence electrons. The third-order valence-corrected chi connectivity index (χ3v) is 10.3. The SMILES string of the molecule is CCOC(=O)c1cc(C2CCC3C4CC[C@H]5C[C@](C)(O)CC[C@]5(C)C4CC[C@]23C)on1. The second kappa shape index (κ2) is 7.33. The lowest BCUT2D eigenvalue weighted by atomic mass is 9.44. The van der Waals surface area contributed by atoms with Crippen molar-refractivity contribution in [3.05, 3.63) is 17.5 Å². The number of aliphatic hydroxyl groups is 1. The minimum atomic E-state index is -0.471. The van der Waals surface area contributed by atoms with E-state index in [-0.39, 0.29) is 11.4 Å². The van der Waals surface area contributed by atoms with Crippen LogP contribution in [-0.4, -0.2) is 28.4 Å². The largest absolute Gasteiger partial charge is 0.461 e. The first-order valence-corrected chi connectivity index (χ1v) is 12.5. The molecular weight excluding hydrogens is 390 g/mol. The molecule has 0 radical (unpaired) electrons. The predicted molar refractivity (Wildman–Crippen MR) is 118 cm³/mol. The Morgan fingerprint density at radius 1 is 1.10 bits per heavy atom. The van der Waals surface area contributed by atoms with E-state index in [2.05, 4.69) is 19.0 Å². The molecule has 0 aromatic carbocycles. The number of carbonyl (C=O) groups excluding carboxylic acids is 1. The van der Waals surface area contributed by atoms with Crippen molar-refractivity contribution in [2.45, 2.75) is 97.0 Å². The van der Waals surface area contributed by atoms with E-state index in [9.17, 15) is 9.90 Å². The summed E-state index contributed by atoms with van der Waals surface area (Å²) in [5.41, 5.74) is 0.436. The number of hydrogen-bond donors (Lipinski definition) is 1. The van der Waals surface area contributed by atoms with Gasteiger partial charge in [0.2, 0.25) is 0 Å². The Balaban J connectivity index is 1.37. The molecule has 0 aliphatic heterocycles. The Morgan fingerprint density at radius 2 is 1.87 bits per heavy atom. The summed E-state index contributed by atoms with van der Waals surface area (Å²) >= 11 is 0. The van der Waals surface area contributed by atoms with Crippen LogP contribution in [0.3, 0.4) is 0 Å². The number of carbonyl (C=O) groups is 1. The number of aromatic nitrogens is 1. The molecule has 0 bridgehead atoms. The van der Waals surface area contributed by atoms with Crippen LogP contribution in [-0.2, 0) is 4.74 Å². The maximum absolute atomic E-state index is 12.1. The van der Waals surface area contributed by atoms with Gasteiger partial charge in [-0.2, -0.15) is 0 Å². The molecule has 0 amide bonds. The lowest BCUT2D eigenvalue weighted by molar-refractivity contribution is -0.144. The van der Waals surface area contributed by atoms with E-state index in [0.29, 0.717) is 35.5 Å². The summed E-state index contributed by atoms with van der Waals surface area (Å²) in [5, 5.41) is 14.7. The van der Waals surface area contributed by atoms with Crippen LogP contribution in [0.15, 0.2) is 10.6 Å². The monoisotopic (exact) mass is 429 g/mol. The third-order valence-electron chi connectivity index (χ3n) is 10.3. The summed E-state index contributed by atoms with van der Waals surface area (Å²) in [6, 6.07) is 1.84. The van der Waals surface area contributed by atoms with Gasteiger partial charge in [0.1, 0.15) is 5.76 Å². The Labute approximate surface area is 186 Å². The molecule has 4 aliphatic carbocycles. The molecule has 4 aliphatic rings. The van der Waals surface area contributed by atoms with Crippen molar-refractivity contribution in [1.82, 2.24) is 5.16 Å². The fraction of sp³-hybridized carbons (Fsp3) is 0.846. The summed E-state index contributed by atoms with van der Waals surface area (Å²) in [6.07, 6.45) is 10.5. The molecule has 0 spiro atoms. The van der Waals surface area contributed by atoms with Crippen LogP contribution >= 0.6 is 0 Å². The highest BCUT2D eigenvalue weighted by molar-refractivity contribution is 5.87. The lowest BCUT2D eigenvalue weighted by Gasteiger charge is -2.61. The van der Waals surface area contributed by atoms with Crippen LogP contribution in [0.5, 0.6) is 0 Å². The zero-order chi connectivity index (χ0) is 22.0. The topological polar surface area (TPSA) is 72.6 Å². The molecule has 5 nitrogen and oxygen atoms in total. The summed E-state index contributed by atoms with van der Waals surface area (Å²) < 4.78 is 10.8. The number of fused-ring (bicyclic) bond motifs is 5. The van der Waals surface area contributed by atoms with E-state index < -0.39 is 5.60 Å². The standard InChI is InChI=1S/C26H39NO4/c1-5-30-23(28)21-14-22(31-27-21)20-9-8-18-17-7-6-16-15-24(2,29)12-13-25(16,3)19(17)10-11-26(18,20)4/h14,16-20,29H,5-13,15H2,1-4H3/t16-,17?,18?,19?,20?,24+,25-,26-/m0/s1. The normalized spacial score (nSPS) is 46.7. The average molecular weight is 430 g/mol. The smallest absolute Gasteiger partial charge is 0.360 e. The van der Waals surface area contributed by atoms with Crippen LogP contribution in [0, 0.1) is 34.5 Å². The van der Waals surface area contributed by atoms with Gasteiger partial charge in [0.25, 0.3) is 0 Å². The molecular formula is C26H39NO4. The van der Waals surface area contributed by atoms with Gasteiger partial charge in [0, 0.05) is 12.0 Å².